The molecule has 1 atom stereocenters. The number of ether oxygens (including phenoxy) is 1. The quantitative estimate of drug-likeness (QED) is 0.0663. The number of carbonyl (C=O) groups is 1. The van der Waals surface area contributed by atoms with Gasteiger partial charge in [-0.1, -0.05) is 162 Å². The van der Waals surface area contributed by atoms with Crippen molar-refractivity contribution >= 4 is 5.97 Å². The highest BCUT2D eigenvalue weighted by molar-refractivity contribution is 5.77. The zero-order valence-electron chi connectivity index (χ0n) is 27.1. The van der Waals surface area contributed by atoms with Gasteiger partial charge in [-0.2, -0.15) is 8.78 Å². The fourth-order valence-electron chi connectivity index (χ4n) is 5.65. The maximum atomic E-state index is 14.4. The summed E-state index contributed by atoms with van der Waals surface area (Å²) in [5.41, 5.74) is 6.24. The molecule has 0 fully saturated rings. The van der Waals surface area contributed by atoms with Gasteiger partial charge in [0, 0.05) is 12.5 Å². The van der Waals surface area contributed by atoms with E-state index in [0.717, 1.165) is 38.5 Å². The maximum absolute atomic E-state index is 14.4. The minimum absolute atomic E-state index is 0.125. The van der Waals surface area contributed by atoms with E-state index >= 15 is 0 Å². The second-order valence-corrected chi connectivity index (χ2v) is 12.5. The van der Waals surface area contributed by atoms with Crippen LogP contribution in [0, 0.1) is 5.92 Å². The van der Waals surface area contributed by atoms with E-state index in [1.807, 2.05) is 0 Å². The van der Waals surface area contributed by atoms with E-state index in [9.17, 15) is 13.6 Å². The number of halogens is 2. The number of alkyl halides is 2. The Kier molecular flexibility index (Phi) is 27.9. The van der Waals surface area contributed by atoms with Crippen LogP contribution in [0.5, 0.6) is 0 Å². The molecule has 0 heterocycles. The lowest BCUT2D eigenvalue weighted by Gasteiger charge is -2.19. The molecule has 240 valence electrons. The Labute approximate surface area is 248 Å². The van der Waals surface area contributed by atoms with Crippen molar-refractivity contribution in [3.05, 3.63) is 0 Å². The SMILES string of the molecule is CCCCCCCCCC(N)CCCCCCC(F)(F)C(=O)OCCC(CCCCCCC)CCCCCCC. The fraction of sp³-hybridized carbons (Fsp3) is 0.971. The lowest BCUT2D eigenvalue weighted by atomic mass is 9.92. The predicted octanol–water partition coefficient (Wildman–Crippen LogP) is 11.7. The Morgan fingerprint density at radius 2 is 0.950 bits per heavy atom. The minimum atomic E-state index is -3.37. The van der Waals surface area contributed by atoms with Gasteiger partial charge in [0.25, 0.3) is 0 Å². The minimum Gasteiger partial charge on any atom is -0.461 e. The van der Waals surface area contributed by atoms with Gasteiger partial charge in [0.15, 0.2) is 0 Å². The number of carbonyl (C=O) groups excluding carboxylic acids is 1. The Morgan fingerprint density at radius 3 is 1.40 bits per heavy atom. The standard InChI is InChI=1S/C35H69F2NO2/c1-4-7-10-13-14-17-22-27-33(38)28-23-18-19-24-30-35(36,37)34(39)40-31-29-32(25-20-15-11-8-5-2)26-21-16-12-9-6-3/h32-33H,4-31,38H2,1-3H3. The van der Waals surface area contributed by atoms with Crippen molar-refractivity contribution in [2.45, 2.75) is 206 Å². The average Bonchev–Trinajstić information content (AvgIpc) is 2.93. The Morgan fingerprint density at radius 1 is 0.575 bits per heavy atom. The highest BCUT2D eigenvalue weighted by atomic mass is 19.3. The molecular weight excluding hydrogens is 504 g/mol. The average molecular weight is 574 g/mol. The second kappa shape index (κ2) is 28.4. The molecule has 0 aliphatic heterocycles. The molecule has 0 aliphatic rings. The number of hydrogen-bond acceptors (Lipinski definition) is 3. The molecule has 0 saturated carbocycles. The molecule has 1 unspecified atom stereocenters. The van der Waals surface area contributed by atoms with Gasteiger partial charge >= 0.3 is 11.9 Å². The van der Waals surface area contributed by atoms with Crippen LogP contribution in [0.2, 0.25) is 0 Å². The maximum Gasteiger partial charge on any atom is 0.376 e. The van der Waals surface area contributed by atoms with Gasteiger partial charge in [-0.15, -0.1) is 0 Å². The van der Waals surface area contributed by atoms with Crippen LogP contribution in [0.3, 0.4) is 0 Å². The highest BCUT2D eigenvalue weighted by Gasteiger charge is 2.39. The van der Waals surface area contributed by atoms with Crippen LogP contribution >= 0.6 is 0 Å². The zero-order chi connectivity index (χ0) is 29.7. The summed E-state index contributed by atoms with van der Waals surface area (Å²) < 4.78 is 33.9. The topological polar surface area (TPSA) is 52.3 Å². The lowest BCUT2D eigenvalue weighted by molar-refractivity contribution is -0.173. The summed E-state index contributed by atoms with van der Waals surface area (Å²) in [4.78, 5) is 12.1. The van der Waals surface area contributed by atoms with Crippen molar-refractivity contribution < 1.29 is 18.3 Å². The first-order valence-corrected chi connectivity index (χ1v) is 17.7. The summed E-state index contributed by atoms with van der Waals surface area (Å²) in [5.74, 6) is -4.22. The Bertz CT molecular complexity index is 529. The van der Waals surface area contributed by atoms with Gasteiger partial charge in [0.05, 0.1) is 6.61 Å². The number of unbranched alkanes of at least 4 members (excludes halogenated alkanes) is 17. The van der Waals surface area contributed by atoms with Gasteiger partial charge in [-0.05, 0) is 31.6 Å². The van der Waals surface area contributed by atoms with Crippen LogP contribution < -0.4 is 5.73 Å². The van der Waals surface area contributed by atoms with Crippen LogP contribution in [0.25, 0.3) is 0 Å². The summed E-state index contributed by atoms with van der Waals surface area (Å²) in [6, 6.07) is 0.226. The van der Waals surface area contributed by atoms with E-state index in [1.54, 1.807) is 0 Å². The lowest BCUT2D eigenvalue weighted by Crippen LogP contribution is -2.31. The third kappa shape index (κ3) is 25.0. The largest absolute Gasteiger partial charge is 0.461 e. The van der Waals surface area contributed by atoms with Crippen molar-refractivity contribution in [3.8, 4) is 0 Å². The van der Waals surface area contributed by atoms with E-state index in [4.69, 9.17) is 10.5 Å². The summed E-state index contributed by atoms with van der Waals surface area (Å²) in [6.07, 6.45) is 29.0. The van der Waals surface area contributed by atoms with Crippen molar-refractivity contribution in [2.75, 3.05) is 6.61 Å². The van der Waals surface area contributed by atoms with Crippen molar-refractivity contribution in [2.24, 2.45) is 11.7 Å². The number of esters is 1. The number of rotatable bonds is 31. The normalized spacial score (nSPS) is 12.8. The molecule has 5 heteroatoms. The smallest absolute Gasteiger partial charge is 0.376 e. The first-order valence-electron chi connectivity index (χ1n) is 17.7. The van der Waals surface area contributed by atoms with Crippen LogP contribution in [-0.4, -0.2) is 24.5 Å². The molecule has 0 aromatic carbocycles. The zero-order valence-corrected chi connectivity index (χ0v) is 27.1. The molecule has 0 rings (SSSR count). The molecule has 40 heavy (non-hydrogen) atoms. The first kappa shape index (κ1) is 39.3. The van der Waals surface area contributed by atoms with E-state index in [1.165, 1.54) is 109 Å². The van der Waals surface area contributed by atoms with Crippen molar-refractivity contribution in [1.29, 1.82) is 0 Å². The molecular formula is C35H69F2NO2. The summed E-state index contributed by atoms with van der Waals surface area (Å²) in [7, 11) is 0. The van der Waals surface area contributed by atoms with Gasteiger partial charge in [-0.25, -0.2) is 4.79 Å². The third-order valence-corrected chi connectivity index (χ3v) is 8.48. The van der Waals surface area contributed by atoms with Gasteiger partial charge < -0.3 is 10.5 Å². The second-order valence-electron chi connectivity index (χ2n) is 12.5. The van der Waals surface area contributed by atoms with Crippen LogP contribution in [0.4, 0.5) is 8.78 Å². The highest BCUT2D eigenvalue weighted by Crippen LogP contribution is 2.26. The van der Waals surface area contributed by atoms with E-state index in [0.29, 0.717) is 25.2 Å². The summed E-state index contributed by atoms with van der Waals surface area (Å²) >= 11 is 0. The molecule has 0 bridgehead atoms. The molecule has 0 aromatic heterocycles. The predicted molar refractivity (Wildman–Crippen MR) is 169 cm³/mol. The van der Waals surface area contributed by atoms with Crippen LogP contribution in [0.1, 0.15) is 194 Å². The summed E-state index contributed by atoms with van der Waals surface area (Å²) in [6.45, 7) is 6.81. The molecule has 0 aliphatic carbocycles. The monoisotopic (exact) mass is 574 g/mol. The van der Waals surface area contributed by atoms with Crippen molar-refractivity contribution in [1.82, 2.24) is 0 Å². The number of nitrogens with two attached hydrogens (primary N) is 1. The van der Waals surface area contributed by atoms with E-state index in [-0.39, 0.29) is 12.6 Å². The Hall–Kier alpha value is -0.710. The van der Waals surface area contributed by atoms with Crippen LogP contribution in [0.15, 0.2) is 0 Å². The molecule has 2 N–H and O–H groups in total. The molecule has 3 nitrogen and oxygen atoms in total. The van der Waals surface area contributed by atoms with Gasteiger partial charge in [0.1, 0.15) is 0 Å². The van der Waals surface area contributed by atoms with Crippen LogP contribution in [-0.2, 0) is 9.53 Å². The van der Waals surface area contributed by atoms with E-state index in [2.05, 4.69) is 20.8 Å². The van der Waals surface area contributed by atoms with E-state index < -0.39 is 18.3 Å². The Balaban J connectivity index is 4.05. The fourth-order valence-corrected chi connectivity index (χ4v) is 5.65. The summed E-state index contributed by atoms with van der Waals surface area (Å²) in [5, 5.41) is 0. The van der Waals surface area contributed by atoms with Gasteiger partial charge in [-0.3, -0.25) is 0 Å². The number of hydrogen-bond donors (Lipinski definition) is 1. The van der Waals surface area contributed by atoms with Crippen molar-refractivity contribution in [3.63, 3.8) is 0 Å². The molecule has 0 aromatic rings. The first-order chi connectivity index (χ1) is 19.4. The molecule has 0 radical (unpaired) electrons. The molecule has 0 saturated heterocycles. The third-order valence-electron chi connectivity index (χ3n) is 8.48. The molecule has 0 amide bonds. The van der Waals surface area contributed by atoms with Gasteiger partial charge in [0.2, 0.25) is 0 Å². The molecule has 0 spiro atoms.